The third-order valence-electron chi connectivity index (χ3n) is 5.28. The molecule has 0 bridgehead atoms. The van der Waals surface area contributed by atoms with Crippen LogP contribution in [-0.2, 0) is 10.0 Å². The largest absolute Gasteiger partial charge is 0.492 e. The van der Waals surface area contributed by atoms with Crippen molar-refractivity contribution in [3.8, 4) is 5.75 Å². The summed E-state index contributed by atoms with van der Waals surface area (Å²) in [4.78, 5) is 12.8. The van der Waals surface area contributed by atoms with Crippen molar-refractivity contribution in [2.24, 2.45) is 0 Å². The van der Waals surface area contributed by atoms with Crippen molar-refractivity contribution in [3.63, 3.8) is 0 Å². The molecule has 1 aliphatic rings. The van der Waals surface area contributed by atoms with Gasteiger partial charge >= 0.3 is 0 Å². The second kappa shape index (κ2) is 10.1. The van der Waals surface area contributed by atoms with Gasteiger partial charge in [0.05, 0.1) is 11.4 Å². The number of nitrogens with one attached hydrogen (secondary N) is 1. The topological polar surface area (TPSA) is 75.7 Å². The SMILES string of the molecule is Cc1cccc(OCCNC(=O)c2ccc(C)c(S(=O)(=O)N3CCCCCC3)c2)c1. The maximum Gasteiger partial charge on any atom is 0.251 e. The molecule has 2 aromatic carbocycles. The molecule has 162 valence electrons. The monoisotopic (exact) mass is 430 g/mol. The molecule has 0 unspecified atom stereocenters. The van der Waals surface area contributed by atoms with Crippen LogP contribution in [0.2, 0.25) is 0 Å². The molecule has 1 aliphatic heterocycles. The number of hydrogen-bond acceptors (Lipinski definition) is 4. The summed E-state index contributed by atoms with van der Waals surface area (Å²) >= 11 is 0. The molecule has 2 aromatic rings. The highest BCUT2D eigenvalue weighted by Crippen LogP contribution is 2.24. The molecule has 0 aliphatic carbocycles. The molecule has 7 heteroatoms. The van der Waals surface area contributed by atoms with Crippen LogP contribution in [-0.4, -0.2) is 44.9 Å². The second-order valence-electron chi connectivity index (χ2n) is 7.72. The lowest BCUT2D eigenvalue weighted by molar-refractivity contribution is 0.0946. The Morgan fingerprint density at radius 3 is 2.47 bits per heavy atom. The van der Waals surface area contributed by atoms with Gasteiger partial charge in [-0.15, -0.1) is 0 Å². The van der Waals surface area contributed by atoms with Crippen LogP contribution in [0.15, 0.2) is 47.4 Å². The molecular formula is C23H30N2O4S. The van der Waals surface area contributed by atoms with E-state index in [4.69, 9.17) is 4.74 Å². The maximum absolute atomic E-state index is 13.2. The van der Waals surface area contributed by atoms with Gasteiger partial charge in [-0.1, -0.05) is 31.0 Å². The molecule has 1 fully saturated rings. The highest BCUT2D eigenvalue weighted by Gasteiger charge is 2.27. The minimum absolute atomic E-state index is 0.216. The number of rotatable bonds is 7. The van der Waals surface area contributed by atoms with Crippen LogP contribution < -0.4 is 10.1 Å². The number of ether oxygens (including phenoxy) is 1. The predicted octanol–water partition coefficient (Wildman–Crippen LogP) is 3.68. The van der Waals surface area contributed by atoms with Gasteiger partial charge in [0, 0.05) is 18.7 Å². The molecular weight excluding hydrogens is 400 g/mol. The van der Waals surface area contributed by atoms with E-state index >= 15 is 0 Å². The first kappa shape index (κ1) is 22.3. The van der Waals surface area contributed by atoms with Crippen LogP contribution in [0.3, 0.4) is 0 Å². The van der Waals surface area contributed by atoms with E-state index in [2.05, 4.69) is 5.32 Å². The first-order valence-corrected chi connectivity index (χ1v) is 11.9. The van der Waals surface area contributed by atoms with E-state index in [1.165, 1.54) is 6.07 Å². The van der Waals surface area contributed by atoms with Crippen LogP contribution >= 0.6 is 0 Å². The number of carbonyl (C=O) groups is 1. The minimum Gasteiger partial charge on any atom is -0.492 e. The van der Waals surface area contributed by atoms with Gasteiger partial charge in [-0.25, -0.2) is 8.42 Å². The fraction of sp³-hybridized carbons (Fsp3) is 0.435. The maximum atomic E-state index is 13.2. The number of hydrogen-bond donors (Lipinski definition) is 1. The minimum atomic E-state index is -3.61. The summed E-state index contributed by atoms with van der Waals surface area (Å²) in [5.74, 6) is 0.445. The number of benzene rings is 2. The highest BCUT2D eigenvalue weighted by molar-refractivity contribution is 7.89. The lowest BCUT2D eigenvalue weighted by Gasteiger charge is -2.21. The molecule has 1 heterocycles. The van der Waals surface area contributed by atoms with Crippen LogP contribution in [0.4, 0.5) is 0 Å². The highest BCUT2D eigenvalue weighted by atomic mass is 32.2. The number of amides is 1. The Bertz CT molecular complexity index is 980. The van der Waals surface area contributed by atoms with Gasteiger partial charge in [0.1, 0.15) is 12.4 Å². The zero-order valence-electron chi connectivity index (χ0n) is 17.7. The first-order chi connectivity index (χ1) is 14.4. The fourth-order valence-electron chi connectivity index (χ4n) is 3.58. The quantitative estimate of drug-likeness (QED) is 0.680. The molecule has 3 rings (SSSR count). The Labute approximate surface area is 179 Å². The zero-order chi connectivity index (χ0) is 21.6. The molecule has 1 N–H and O–H groups in total. The van der Waals surface area contributed by atoms with Crippen LogP contribution in [0.25, 0.3) is 0 Å². The van der Waals surface area contributed by atoms with E-state index in [1.54, 1.807) is 23.4 Å². The Kier molecular flexibility index (Phi) is 7.50. The molecule has 1 saturated heterocycles. The molecule has 0 aromatic heterocycles. The Morgan fingerprint density at radius 1 is 1.03 bits per heavy atom. The van der Waals surface area contributed by atoms with E-state index in [9.17, 15) is 13.2 Å². The van der Waals surface area contributed by atoms with Crippen molar-refractivity contribution in [1.82, 2.24) is 9.62 Å². The number of sulfonamides is 1. The average molecular weight is 431 g/mol. The third-order valence-corrected chi connectivity index (χ3v) is 7.32. The van der Waals surface area contributed by atoms with E-state index in [0.717, 1.165) is 37.0 Å². The Morgan fingerprint density at radius 2 is 1.77 bits per heavy atom. The van der Waals surface area contributed by atoms with Gasteiger partial charge in [0.25, 0.3) is 5.91 Å². The molecule has 0 radical (unpaired) electrons. The normalized spacial score (nSPS) is 15.4. The van der Waals surface area contributed by atoms with Crippen molar-refractivity contribution < 1.29 is 17.9 Å². The Balaban J connectivity index is 1.64. The molecule has 30 heavy (non-hydrogen) atoms. The van der Waals surface area contributed by atoms with Crippen molar-refractivity contribution in [3.05, 3.63) is 59.2 Å². The zero-order valence-corrected chi connectivity index (χ0v) is 18.5. The van der Waals surface area contributed by atoms with Gasteiger partial charge in [-0.3, -0.25) is 4.79 Å². The van der Waals surface area contributed by atoms with E-state index in [1.807, 2.05) is 31.2 Å². The standard InChI is InChI=1S/C23H30N2O4S/c1-18-8-7-9-21(16-18)29-15-12-24-23(26)20-11-10-19(2)22(17-20)30(27,28)25-13-5-3-4-6-14-25/h7-11,16-17H,3-6,12-15H2,1-2H3,(H,24,26). The van der Waals surface area contributed by atoms with Crippen molar-refractivity contribution in [1.29, 1.82) is 0 Å². The van der Waals surface area contributed by atoms with Gasteiger partial charge in [-0.05, 0) is 62.1 Å². The lowest BCUT2D eigenvalue weighted by atomic mass is 10.1. The summed E-state index contributed by atoms with van der Waals surface area (Å²) in [7, 11) is -3.61. The molecule has 0 atom stereocenters. The number of carbonyl (C=O) groups excluding carboxylic acids is 1. The summed E-state index contributed by atoms with van der Waals surface area (Å²) < 4.78 is 33.5. The fourth-order valence-corrected chi connectivity index (χ4v) is 5.35. The molecule has 0 spiro atoms. The molecule has 1 amide bonds. The van der Waals surface area contributed by atoms with Crippen LogP contribution in [0.5, 0.6) is 5.75 Å². The van der Waals surface area contributed by atoms with Crippen LogP contribution in [0.1, 0.15) is 47.2 Å². The smallest absolute Gasteiger partial charge is 0.251 e. The average Bonchev–Trinajstić information content (AvgIpc) is 3.01. The summed E-state index contributed by atoms with van der Waals surface area (Å²) in [6, 6.07) is 12.6. The van der Waals surface area contributed by atoms with E-state index in [0.29, 0.717) is 37.4 Å². The summed E-state index contributed by atoms with van der Waals surface area (Å²) in [5, 5.41) is 2.80. The predicted molar refractivity (Wildman–Crippen MR) is 117 cm³/mol. The van der Waals surface area contributed by atoms with E-state index in [-0.39, 0.29) is 10.8 Å². The summed E-state index contributed by atoms with van der Waals surface area (Å²) in [5.41, 5.74) is 2.09. The van der Waals surface area contributed by atoms with Gasteiger partial charge in [0.15, 0.2) is 0 Å². The summed E-state index contributed by atoms with van der Waals surface area (Å²) in [6.07, 6.45) is 3.86. The van der Waals surface area contributed by atoms with E-state index < -0.39 is 10.0 Å². The summed E-state index contributed by atoms with van der Waals surface area (Å²) in [6.45, 7) is 5.49. The third kappa shape index (κ3) is 5.61. The second-order valence-corrected chi connectivity index (χ2v) is 9.63. The number of aryl methyl sites for hydroxylation is 2. The molecule has 0 saturated carbocycles. The van der Waals surface area contributed by atoms with Gasteiger partial charge in [0.2, 0.25) is 10.0 Å². The van der Waals surface area contributed by atoms with Gasteiger partial charge in [-0.2, -0.15) is 4.31 Å². The lowest BCUT2D eigenvalue weighted by Crippen LogP contribution is -2.33. The first-order valence-electron chi connectivity index (χ1n) is 10.5. The van der Waals surface area contributed by atoms with Crippen molar-refractivity contribution >= 4 is 15.9 Å². The van der Waals surface area contributed by atoms with Crippen LogP contribution in [0, 0.1) is 13.8 Å². The van der Waals surface area contributed by atoms with Crippen molar-refractivity contribution in [2.45, 2.75) is 44.4 Å². The van der Waals surface area contributed by atoms with Gasteiger partial charge < -0.3 is 10.1 Å². The van der Waals surface area contributed by atoms with Crippen molar-refractivity contribution in [2.75, 3.05) is 26.2 Å². The molecule has 6 nitrogen and oxygen atoms in total. The Hall–Kier alpha value is -2.38. The number of nitrogens with zero attached hydrogens (tertiary/aromatic N) is 1.